The molecule has 86 heavy (non-hydrogen) atoms. The fourth-order valence-electron chi connectivity index (χ4n) is 9.21. The Morgan fingerprint density at radius 1 is 0.302 bits per heavy atom. The van der Waals surface area contributed by atoms with Crippen LogP contribution in [0.1, 0.15) is 55.6 Å². The molecule has 0 aliphatic carbocycles. The van der Waals surface area contributed by atoms with E-state index in [1.807, 2.05) is 78.9 Å². The lowest BCUT2D eigenvalue weighted by atomic mass is 9.12. The number of hydrogen-bond acceptors (Lipinski definition) is 1. The van der Waals surface area contributed by atoms with Gasteiger partial charge in [0.25, 0.3) is 0 Å². The fourth-order valence-corrected chi connectivity index (χ4v) is 11.1. The van der Waals surface area contributed by atoms with E-state index in [1.165, 1.54) is 5.56 Å². The lowest BCUT2D eigenvalue weighted by Crippen LogP contribution is -2.75. The van der Waals surface area contributed by atoms with Crippen molar-refractivity contribution in [3.63, 3.8) is 0 Å². The smallest absolute Gasteiger partial charge is 0.194 e. The molecule has 0 fully saturated rings. The molecule has 1 nitrogen and oxygen atoms in total. The van der Waals surface area contributed by atoms with E-state index in [0.717, 1.165) is 21.6 Å². The Hall–Kier alpha value is -8.15. The summed E-state index contributed by atoms with van der Waals surface area (Å²) in [6, 6.07) is 29.0. The van der Waals surface area contributed by atoms with Gasteiger partial charge in [0.2, 0.25) is 0 Å². The zero-order valence-electron chi connectivity index (χ0n) is 42.6. The van der Waals surface area contributed by atoms with Gasteiger partial charge in [-0.2, -0.15) is 127 Å². The second kappa shape index (κ2) is 23.6. The van der Waals surface area contributed by atoms with Crippen molar-refractivity contribution >= 4 is 37.9 Å². The summed E-state index contributed by atoms with van der Waals surface area (Å²) in [6.07, 6.45) is -54.8. The molecule has 27 heteroatoms. The van der Waals surface area contributed by atoms with Crippen LogP contribution in [0, 0.1) is 11.2 Å². The normalized spacial score (nSPS) is 13.7. The van der Waals surface area contributed by atoms with Crippen molar-refractivity contribution in [3.8, 4) is 22.3 Å². The Bertz CT molecular complexity index is 3370. The molecule has 0 aliphatic rings. The second-order valence-electron chi connectivity index (χ2n) is 19.0. The van der Waals surface area contributed by atoms with Gasteiger partial charge in [-0.1, -0.05) is 144 Å². The predicted molar refractivity (Wildman–Crippen MR) is 272 cm³/mol. The number of halogens is 24. The van der Waals surface area contributed by atoms with Crippen LogP contribution in [-0.4, -0.2) is 6.15 Å². The molecule has 0 radical (unpaired) electrons. The zero-order chi connectivity index (χ0) is 63.9. The molecule has 452 valence electrons. The quantitative estimate of drug-likeness (QED) is 0.0641. The average molecular weight is 1260 g/mol. The Morgan fingerprint density at radius 2 is 0.547 bits per heavy atom. The average Bonchev–Trinajstić information content (AvgIpc) is 0.731. The van der Waals surface area contributed by atoms with Crippen LogP contribution in [0.3, 0.4) is 0 Å². The van der Waals surface area contributed by atoms with Gasteiger partial charge in [0.15, 0.2) is 25.8 Å². The highest BCUT2D eigenvalue weighted by molar-refractivity contribution is 8.06. The predicted octanol–water partition coefficient (Wildman–Crippen LogP) is 17.6. The highest BCUT2D eigenvalue weighted by atomic mass is 32.2. The molecule has 0 saturated carbocycles. The minimum absolute atomic E-state index is 0.395. The number of alkyl halides is 24. The van der Waals surface area contributed by atoms with Gasteiger partial charge in [-0.15, -0.1) is 0 Å². The molecular weight excluding hydrogens is 1220 g/mol. The fraction of sp³-hybridized carbons (Fsp3) is 0.153. The van der Waals surface area contributed by atoms with E-state index in [1.54, 1.807) is 0 Å². The molecule has 0 aliphatic heterocycles. The second-order valence-corrected chi connectivity index (χ2v) is 21.3. The molecule has 1 unspecified atom stereocenters. The Balaban J connectivity index is 0.000000302. The molecule has 0 aromatic heterocycles. The summed E-state index contributed by atoms with van der Waals surface area (Å²) in [7, 11) is -2.56. The van der Waals surface area contributed by atoms with Gasteiger partial charge in [-0.25, -0.2) is 0 Å². The van der Waals surface area contributed by atoms with Crippen molar-refractivity contribution in [3.05, 3.63) is 244 Å². The van der Waals surface area contributed by atoms with Crippen LogP contribution in [0.25, 0.3) is 11.1 Å². The summed E-state index contributed by atoms with van der Waals surface area (Å²) in [5.41, 5.74) is -26.0. The molecule has 8 aromatic rings. The van der Waals surface area contributed by atoms with E-state index in [9.17, 15) is 110 Å². The maximum Gasteiger partial charge on any atom is 0.416 e. The first-order valence-electron chi connectivity index (χ1n) is 24.1. The first-order valence-corrected chi connectivity index (χ1v) is 25.9. The van der Waals surface area contributed by atoms with Gasteiger partial charge in [0, 0.05) is 11.1 Å². The first-order chi connectivity index (χ1) is 39.5. The van der Waals surface area contributed by atoms with Crippen LogP contribution in [0.4, 0.5) is 105 Å². The molecule has 0 amide bonds. The molecule has 1 atom stereocenters. The van der Waals surface area contributed by atoms with E-state index in [-0.39, 0.29) is 0 Å². The minimum Gasteiger partial charge on any atom is -0.194 e. The first kappa shape index (κ1) is 65.4. The Labute approximate surface area is 472 Å². The highest BCUT2D eigenvalue weighted by Crippen LogP contribution is 2.42. The minimum atomic E-state index is -6.13. The van der Waals surface area contributed by atoms with Crippen molar-refractivity contribution in [2.45, 2.75) is 60.1 Å². The third-order valence-corrected chi connectivity index (χ3v) is 15.3. The van der Waals surface area contributed by atoms with Crippen molar-refractivity contribution in [2.24, 2.45) is 0 Å². The van der Waals surface area contributed by atoms with Gasteiger partial charge in [0.1, 0.15) is 6.15 Å². The van der Waals surface area contributed by atoms with Gasteiger partial charge < -0.3 is 0 Å². The third-order valence-electron chi connectivity index (χ3n) is 13.1. The molecule has 8 aromatic carbocycles. The van der Waals surface area contributed by atoms with Gasteiger partial charge >= 0.3 is 49.4 Å². The van der Waals surface area contributed by atoms with Crippen molar-refractivity contribution in [2.75, 3.05) is 0 Å². The van der Waals surface area contributed by atoms with Crippen LogP contribution in [-0.2, 0) is 69.3 Å². The number of benzene rings is 8. The maximum absolute atomic E-state index is 14.2. The maximum atomic E-state index is 14.2. The van der Waals surface area contributed by atoms with Gasteiger partial charge in [-0.3, -0.25) is 0 Å². The lowest BCUT2D eigenvalue weighted by Gasteiger charge is -2.46. The van der Waals surface area contributed by atoms with Crippen LogP contribution in [0.5, 0.6) is 0 Å². The van der Waals surface area contributed by atoms with E-state index >= 15 is 0 Å². The van der Waals surface area contributed by atoms with Crippen LogP contribution >= 0.6 is 0 Å². The van der Waals surface area contributed by atoms with E-state index in [2.05, 4.69) is 47.6 Å². The largest absolute Gasteiger partial charge is 0.416 e. The number of rotatable bonds is 8. The van der Waals surface area contributed by atoms with Gasteiger partial charge in [-0.05, 0) is 65.6 Å². The summed E-state index contributed by atoms with van der Waals surface area (Å²) in [4.78, 5) is 0.774. The summed E-state index contributed by atoms with van der Waals surface area (Å²) in [5.74, 6) is 3.51. The van der Waals surface area contributed by atoms with Gasteiger partial charge in [0.05, 0.1) is 44.5 Å². The lowest BCUT2D eigenvalue weighted by molar-refractivity contribution is -0.144. The summed E-state index contributed by atoms with van der Waals surface area (Å²) in [5, 5.41) is 3.10. The third kappa shape index (κ3) is 15.3. The van der Waals surface area contributed by atoms with Crippen LogP contribution in [0.15, 0.2) is 193 Å². The highest BCUT2D eigenvalue weighted by Gasteiger charge is 2.47. The van der Waals surface area contributed by atoms with Crippen LogP contribution in [0.2, 0.25) is 0 Å². The molecule has 0 saturated heterocycles. The molecule has 0 heterocycles. The van der Waals surface area contributed by atoms with E-state index < -0.39 is 205 Å². The summed E-state index contributed by atoms with van der Waals surface area (Å²) in [6.45, 7) is 0. The zero-order valence-corrected chi connectivity index (χ0v) is 43.4. The molecule has 0 spiro atoms. The van der Waals surface area contributed by atoms with E-state index in [0.29, 0.717) is 5.75 Å². The molecular formula is C59H33BF24OS. The van der Waals surface area contributed by atoms with Crippen molar-refractivity contribution < 1.29 is 110 Å². The summed E-state index contributed by atoms with van der Waals surface area (Å²) < 4.78 is 355. The monoisotopic (exact) mass is 1260 g/mol. The standard InChI is InChI=1S/C32H12BF24.C27H21OS/c34-25(35,36)13-1-14(26(37,38)39)6-21(5-13)33(22-7-15(27(40,41)42)2-16(8-22)28(43,44)45,23-9-17(29(46,47)48)3-18(10-23)30(49,50)51)24-11-19(31(52,53)54)4-20(12-24)32(55,56)57;28-29(27-14-8-3-9-15-27,21-20-23-10-4-1-5-11-23)22-24-16-18-26(19-17-24)25-12-6-2-7-13-25/h1-12H;1-19H,22H2/q-1;+1. The Kier molecular flexibility index (Phi) is 18.0. The van der Waals surface area contributed by atoms with Crippen molar-refractivity contribution in [1.82, 2.24) is 0 Å². The van der Waals surface area contributed by atoms with Crippen LogP contribution < -0.4 is 21.9 Å². The van der Waals surface area contributed by atoms with E-state index in [4.69, 9.17) is 0 Å². The summed E-state index contributed by atoms with van der Waals surface area (Å²) >= 11 is 0. The van der Waals surface area contributed by atoms with Crippen molar-refractivity contribution in [1.29, 1.82) is 0 Å². The molecule has 8 rings (SSSR count). The molecule has 0 N–H and O–H groups in total. The number of hydrogen-bond donors (Lipinski definition) is 0. The SMILES string of the molecule is FC(F)(F)c1cc([B-](c2cc(C(F)(F)F)cc(C(F)(F)F)c2)(c2cc(C(F)(F)F)cc(C(F)(F)F)c2)c2cc(C(F)(F)F)cc(C(F)(F)F)c2)cc(C(F)(F)F)c1.O=[S+](C#Cc1ccccc1)(Cc1ccc(-c2ccccc2)cc1)c1ccccc1. The molecule has 0 bridgehead atoms. The topological polar surface area (TPSA) is 17.1 Å². The Morgan fingerprint density at radius 3 is 0.814 bits per heavy atom.